The van der Waals surface area contributed by atoms with Crippen molar-refractivity contribution in [2.24, 2.45) is 5.92 Å². The smallest absolute Gasteiger partial charge is 0.238 e. The van der Waals surface area contributed by atoms with Crippen molar-refractivity contribution >= 4 is 46.4 Å². The molecule has 1 aliphatic rings. The SMILES string of the molecule is O=C(CN1CCC(C(=O)Nc2cccc(F)c2)CC1)Nc1ccc(Cl)c(Cl)c1. The Bertz CT molecular complexity index is 870. The topological polar surface area (TPSA) is 61.4 Å². The maximum absolute atomic E-state index is 13.2. The molecule has 0 bridgehead atoms. The van der Waals surface area contributed by atoms with E-state index in [1.54, 1.807) is 30.3 Å². The van der Waals surface area contributed by atoms with E-state index < -0.39 is 0 Å². The van der Waals surface area contributed by atoms with Gasteiger partial charge in [-0.05, 0) is 62.3 Å². The zero-order valence-electron chi connectivity index (χ0n) is 15.1. The number of nitrogens with zero attached hydrogens (tertiary/aromatic N) is 1. The number of rotatable bonds is 5. The highest BCUT2D eigenvalue weighted by Crippen LogP contribution is 2.25. The van der Waals surface area contributed by atoms with Gasteiger partial charge in [-0.15, -0.1) is 0 Å². The molecule has 1 saturated heterocycles. The number of carbonyl (C=O) groups excluding carboxylic acids is 2. The summed E-state index contributed by atoms with van der Waals surface area (Å²) in [7, 11) is 0. The minimum atomic E-state index is -0.388. The number of hydrogen-bond acceptors (Lipinski definition) is 3. The van der Waals surface area contributed by atoms with Gasteiger partial charge in [0.25, 0.3) is 0 Å². The molecule has 2 amide bonds. The van der Waals surface area contributed by atoms with Gasteiger partial charge in [-0.25, -0.2) is 4.39 Å². The van der Waals surface area contributed by atoms with Crippen molar-refractivity contribution in [3.63, 3.8) is 0 Å². The number of anilines is 2. The quantitative estimate of drug-likeness (QED) is 0.747. The molecule has 3 rings (SSSR count). The maximum Gasteiger partial charge on any atom is 0.238 e. The summed E-state index contributed by atoms with van der Waals surface area (Å²) < 4.78 is 13.2. The summed E-state index contributed by atoms with van der Waals surface area (Å²) >= 11 is 11.8. The highest BCUT2D eigenvalue weighted by molar-refractivity contribution is 6.42. The molecule has 148 valence electrons. The second kappa shape index (κ2) is 9.37. The number of halogens is 3. The average molecular weight is 424 g/mol. The molecule has 0 saturated carbocycles. The van der Waals surface area contributed by atoms with Gasteiger partial charge in [0.15, 0.2) is 0 Å². The Labute approximate surface area is 172 Å². The van der Waals surface area contributed by atoms with Gasteiger partial charge in [-0.3, -0.25) is 14.5 Å². The molecule has 0 spiro atoms. The highest BCUT2D eigenvalue weighted by atomic mass is 35.5. The number of likely N-dealkylation sites (tertiary alicyclic amines) is 1. The third-order valence-corrected chi connectivity index (χ3v) is 5.36. The van der Waals surface area contributed by atoms with Crippen LogP contribution in [0, 0.1) is 11.7 Å². The number of piperidine rings is 1. The standard InChI is InChI=1S/C20H20Cl2FN3O2/c21-17-5-4-16(11-18(17)22)24-19(27)12-26-8-6-13(7-9-26)20(28)25-15-3-1-2-14(23)10-15/h1-5,10-11,13H,6-9,12H2,(H,24,27)(H,25,28). The van der Waals surface area contributed by atoms with E-state index in [0.29, 0.717) is 47.4 Å². The molecular weight excluding hydrogens is 404 g/mol. The van der Waals surface area contributed by atoms with Crippen LogP contribution in [0.2, 0.25) is 10.0 Å². The first-order valence-electron chi connectivity index (χ1n) is 8.94. The molecule has 0 atom stereocenters. The summed E-state index contributed by atoms with van der Waals surface area (Å²) in [5.41, 5.74) is 1.04. The summed E-state index contributed by atoms with van der Waals surface area (Å²) in [4.78, 5) is 26.6. The molecule has 8 heteroatoms. The molecule has 0 aromatic heterocycles. The van der Waals surface area contributed by atoms with Crippen LogP contribution in [-0.2, 0) is 9.59 Å². The number of benzene rings is 2. The average Bonchev–Trinajstić information content (AvgIpc) is 2.65. The zero-order valence-corrected chi connectivity index (χ0v) is 16.6. The summed E-state index contributed by atoms with van der Waals surface area (Å²) in [6.45, 7) is 1.50. The van der Waals surface area contributed by atoms with Crippen LogP contribution in [0.3, 0.4) is 0 Å². The molecule has 2 N–H and O–H groups in total. The summed E-state index contributed by atoms with van der Waals surface area (Å²) in [6, 6.07) is 10.8. The van der Waals surface area contributed by atoms with E-state index in [9.17, 15) is 14.0 Å². The van der Waals surface area contributed by atoms with Crippen LogP contribution >= 0.6 is 23.2 Å². The molecular formula is C20H20Cl2FN3O2. The molecule has 0 radical (unpaired) electrons. The van der Waals surface area contributed by atoms with Gasteiger partial charge in [-0.2, -0.15) is 0 Å². The van der Waals surface area contributed by atoms with E-state index in [0.717, 1.165) is 0 Å². The minimum Gasteiger partial charge on any atom is -0.326 e. The van der Waals surface area contributed by atoms with Crippen molar-refractivity contribution in [1.82, 2.24) is 4.90 Å². The van der Waals surface area contributed by atoms with Crippen LogP contribution < -0.4 is 10.6 Å². The van der Waals surface area contributed by atoms with Gasteiger partial charge >= 0.3 is 0 Å². The van der Waals surface area contributed by atoms with Crippen molar-refractivity contribution in [3.8, 4) is 0 Å². The zero-order chi connectivity index (χ0) is 20.1. The summed E-state index contributed by atoms with van der Waals surface area (Å²) in [5.74, 6) is -0.815. The van der Waals surface area contributed by atoms with Crippen LogP contribution in [0.5, 0.6) is 0 Å². The molecule has 2 aromatic carbocycles. The minimum absolute atomic E-state index is 0.120. The van der Waals surface area contributed by atoms with Crippen LogP contribution in [0.15, 0.2) is 42.5 Å². The lowest BCUT2D eigenvalue weighted by Crippen LogP contribution is -2.41. The van der Waals surface area contributed by atoms with Gasteiger partial charge in [0.05, 0.1) is 16.6 Å². The predicted molar refractivity (Wildman–Crippen MR) is 109 cm³/mol. The van der Waals surface area contributed by atoms with Crippen LogP contribution in [0.4, 0.5) is 15.8 Å². The summed E-state index contributed by atoms with van der Waals surface area (Å²) in [6.07, 6.45) is 1.28. The number of carbonyl (C=O) groups is 2. The van der Waals surface area contributed by atoms with Crippen molar-refractivity contribution < 1.29 is 14.0 Å². The molecule has 1 aliphatic heterocycles. The third-order valence-electron chi connectivity index (χ3n) is 4.62. The van der Waals surface area contributed by atoms with Crippen molar-refractivity contribution in [2.45, 2.75) is 12.8 Å². The fraction of sp³-hybridized carbons (Fsp3) is 0.300. The number of nitrogens with one attached hydrogen (secondary N) is 2. The van der Waals surface area contributed by atoms with E-state index in [1.807, 2.05) is 4.90 Å². The van der Waals surface area contributed by atoms with Crippen LogP contribution in [-0.4, -0.2) is 36.3 Å². The molecule has 5 nitrogen and oxygen atoms in total. The Hall–Kier alpha value is -2.15. The lowest BCUT2D eigenvalue weighted by molar-refractivity contribution is -0.121. The van der Waals surface area contributed by atoms with Crippen molar-refractivity contribution in [3.05, 3.63) is 58.3 Å². The van der Waals surface area contributed by atoms with Gasteiger partial charge in [-0.1, -0.05) is 29.3 Å². The van der Waals surface area contributed by atoms with Gasteiger partial charge in [0.2, 0.25) is 11.8 Å². The van der Waals surface area contributed by atoms with Gasteiger partial charge in [0.1, 0.15) is 5.82 Å². The van der Waals surface area contributed by atoms with E-state index >= 15 is 0 Å². The normalized spacial score (nSPS) is 15.2. The Morgan fingerprint density at radius 2 is 1.71 bits per heavy atom. The van der Waals surface area contributed by atoms with E-state index in [2.05, 4.69) is 10.6 Å². The lowest BCUT2D eigenvalue weighted by Gasteiger charge is -2.30. The largest absolute Gasteiger partial charge is 0.326 e. The van der Waals surface area contributed by atoms with Crippen molar-refractivity contribution in [2.75, 3.05) is 30.3 Å². The first-order valence-corrected chi connectivity index (χ1v) is 9.70. The first-order chi connectivity index (χ1) is 13.4. The van der Waals surface area contributed by atoms with E-state index in [-0.39, 0.29) is 30.1 Å². The monoisotopic (exact) mass is 423 g/mol. The second-order valence-corrected chi connectivity index (χ2v) is 7.54. The number of hydrogen-bond donors (Lipinski definition) is 2. The predicted octanol–water partition coefficient (Wildman–Crippen LogP) is 4.42. The maximum atomic E-state index is 13.2. The fourth-order valence-corrected chi connectivity index (χ4v) is 3.44. The van der Waals surface area contributed by atoms with Crippen molar-refractivity contribution in [1.29, 1.82) is 0 Å². The van der Waals surface area contributed by atoms with Crippen LogP contribution in [0.1, 0.15) is 12.8 Å². The van der Waals surface area contributed by atoms with E-state index in [4.69, 9.17) is 23.2 Å². The molecule has 1 heterocycles. The Kier molecular flexibility index (Phi) is 6.88. The lowest BCUT2D eigenvalue weighted by atomic mass is 9.96. The molecule has 2 aromatic rings. The molecule has 0 aliphatic carbocycles. The number of amides is 2. The Morgan fingerprint density at radius 1 is 1.00 bits per heavy atom. The van der Waals surface area contributed by atoms with Gasteiger partial charge < -0.3 is 10.6 Å². The highest BCUT2D eigenvalue weighted by Gasteiger charge is 2.26. The first kappa shape index (κ1) is 20.6. The fourth-order valence-electron chi connectivity index (χ4n) is 3.14. The molecule has 28 heavy (non-hydrogen) atoms. The molecule has 1 fully saturated rings. The molecule has 0 unspecified atom stereocenters. The van der Waals surface area contributed by atoms with E-state index in [1.165, 1.54) is 12.1 Å². The third kappa shape index (κ3) is 5.67. The second-order valence-electron chi connectivity index (χ2n) is 6.73. The van der Waals surface area contributed by atoms with Crippen LogP contribution in [0.25, 0.3) is 0 Å². The summed E-state index contributed by atoms with van der Waals surface area (Å²) in [5, 5.41) is 6.35. The Balaban J connectivity index is 1.45. The Morgan fingerprint density at radius 3 is 2.39 bits per heavy atom. The van der Waals surface area contributed by atoms with Gasteiger partial charge in [0, 0.05) is 17.3 Å².